The van der Waals surface area contributed by atoms with Crippen molar-refractivity contribution in [2.75, 3.05) is 0 Å². The van der Waals surface area contributed by atoms with E-state index in [1.54, 1.807) is 35.1 Å². The van der Waals surface area contributed by atoms with Crippen molar-refractivity contribution in [3.05, 3.63) is 84.1 Å². The summed E-state index contributed by atoms with van der Waals surface area (Å²) < 4.78 is 1.77. The van der Waals surface area contributed by atoms with Gasteiger partial charge in [-0.05, 0) is 48.0 Å². The first kappa shape index (κ1) is 19.8. The Labute approximate surface area is 183 Å². The second kappa shape index (κ2) is 8.07. The van der Waals surface area contributed by atoms with Gasteiger partial charge in [0.2, 0.25) is 0 Å². The molecule has 0 aliphatic rings. The third-order valence-electron chi connectivity index (χ3n) is 4.79. The molecule has 0 fully saturated rings. The summed E-state index contributed by atoms with van der Waals surface area (Å²) in [6.45, 7) is 0.537. The summed E-state index contributed by atoms with van der Waals surface area (Å²) in [7, 11) is 0. The quantitative estimate of drug-likeness (QED) is 0.475. The molecular formula is C22H16LiN5O2. The molecule has 5 aromatic rings. The first-order chi connectivity index (χ1) is 14.2. The van der Waals surface area contributed by atoms with E-state index in [9.17, 15) is 4.79 Å². The van der Waals surface area contributed by atoms with E-state index in [1.807, 2.05) is 36.4 Å². The predicted molar refractivity (Wildman–Crippen MR) is 116 cm³/mol. The second-order valence-corrected chi connectivity index (χ2v) is 6.70. The van der Waals surface area contributed by atoms with E-state index in [0.29, 0.717) is 17.7 Å². The molecule has 8 heteroatoms. The van der Waals surface area contributed by atoms with Gasteiger partial charge in [0.15, 0.2) is 5.65 Å². The van der Waals surface area contributed by atoms with Crippen LogP contribution in [0.5, 0.6) is 0 Å². The van der Waals surface area contributed by atoms with E-state index in [4.69, 9.17) is 10.1 Å². The zero-order valence-electron chi connectivity index (χ0n) is 15.2. The normalized spacial score (nSPS) is 10.8. The summed E-state index contributed by atoms with van der Waals surface area (Å²) in [6.07, 6.45) is 1.78. The van der Waals surface area contributed by atoms with Crippen LogP contribution in [0.1, 0.15) is 15.9 Å². The fourth-order valence-corrected chi connectivity index (χ4v) is 3.30. The molecule has 0 amide bonds. The maximum atomic E-state index is 11.0. The standard InChI is InChI=1S/C22H15N5O2.Li.H/c28-22(29)16-6-4-15(5-7-16)19-9-10-20-21(24-19)27(26-25-20)13-14-3-8-18-17(12-14)2-1-11-23-18;;/h1-12H,13H2,(H,28,29);;. The van der Waals surface area contributed by atoms with Crippen LogP contribution in [-0.4, -0.2) is 54.9 Å². The van der Waals surface area contributed by atoms with Crippen LogP contribution in [-0.2, 0) is 6.54 Å². The van der Waals surface area contributed by atoms with Gasteiger partial charge in [0, 0.05) is 17.1 Å². The monoisotopic (exact) mass is 389 g/mol. The third-order valence-corrected chi connectivity index (χ3v) is 4.79. The van der Waals surface area contributed by atoms with E-state index in [-0.39, 0.29) is 24.4 Å². The van der Waals surface area contributed by atoms with Crippen LogP contribution in [0.3, 0.4) is 0 Å². The molecule has 0 saturated heterocycles. The Kier molecular flexibility index (Phi) is 5.32. The summed E-state index contributed by atoms with van der Waals surface area (Å²) >= 11 is 0. The zero-order chi connectivity index (χ0) is 19.8. The number of carbonyl (C=O) groups is 1. The minimum absolute atomic E-state index is 0. The van der Waals surface area contributed by atoms with E-state index in [0.717, 1.165) is 27.7 Å². The molecule has 3 aromatic heterocycles. The van der Waals surface area contributed by atoms with Gasteiger partial charge in [-0.25, -0.2) is 14.5 Å². The Balaban J connectivity index is 0.00000218. The zero-order valence-corrected chi connectivity index (χ0v) is 15.2. The molecule has 0 spiro atoms. The topological polar surface area (TPSA) is 93.8 Å². The molecule has 3 heterocycles. The van der Waals surface area contributed by atoms with Gasteiger partial charge >= 0.3 is 24.8 Å². The number of benzene rings is 2. The molecule has 7 nitrogen and oxygen atoms in total. The van der Waals surface area contributed by atoms with Gasteiger partial charge in [0.05, 0.1) is 23.3 Å². The summed E-state index contributed by atoms with van der Waals surface area (Å²) in [5.41, 5.74) is 5.23. The van der Waals surface area contributed by atoms with Crippen molar-refractivity contribution in [3.63, 3.8) is 0 Å². The number of aromatic carboxylic acids is 1. The van der Waals surface area contributed by atoms with Crippen molar-refractivity contribution in [1.82, 2.24) is 25.0 Å². The van der Waals surface area contributed by atoms with Crippen LogP contribution in [0.15, 0.2) is 72.9 Å². The molecule has 0 aliphatic heterocycles. The summed E-state index contributed by atoms with van der Waals surface area (Å²) in [5.74, 6) is -0.951. The number of carboxylic acid groups (broad SMARTS) is 1. The first-order valence-electron chi connectivity index (χ1n) is 9.05. The molecule has 30 heavy (non-hydrogen) atoms. The second-order valence-electron chi connectivity index (χ2n) is 6.70. The SMILES string of the molecule is O=C(O)c1ccc(-c2ccc3nnn(Cc4ccc5ncccc5c4)c3n2)cc1.[LiH]. The van der Waals surface area contributed by atoms with E-state index < -0.39 is 5.97 Å². The van der Waals surface area contributed by atoms with Crippen molar-refractivity contribution in [2.24, 2.45) is 0 Å². The van der Waals surface area contributed by atoms with Crippen LogP contribution < -0.4 is 0 Å². The molecule has 5 rings (SSSR count). The molecule has 0 saturated carbocycles. The van der Waals surface area contributed by atoms with Gasteiger partial charge in [-0.1, -0.05) is 29.5 Å². The van der Waals surface area contributed by atoms with Crippen LogP contribution in [0.4, 0.5) is 0 Å². The van der Waals surface area contributed by atoms with Gasteiger partial charge in [0.1, 0.15) is 5.52 Å². The van der Waals surface area contributed by atoms with E-state index in [1.165, 1.54) is 0 Å². The van der Waals surface area contributed by atoms with Crippen molar-refractivity contribution >= 4 is 46.9 Å². The van der Waals surface area contributed by atoms with Gasteiger partial charge in [-0.15, -0.1) is 5.10 Å². The number of aromatic nitrogens is 5. The Morgan fingerprint density at radius 3 is 2.57 bits per heavy atom. The molecule has 142 valence electrons. The van der Waals surface area contributed by atoms with Crippen LogP contribution in [0, 0.1) is 0 Å². The van der Waals surface area contributed by atoms with Crippen molar-refractivity contribution < 1.29 is 9.90 Å². The predicted octanol–water partition coefficient (Wildman–Crippen LogP) is 3.14. The molecule has 0 atom stereocenters. The van der Waals surface area contributed by atoms with E-state index in [2.05, 4.69) is 21.4 Å². The van der Waals surface area contributed by atoms with Crippen LogP contribution in [0.25, 0.3) is 33.3 Å². The summed E-state index contributed by atoms with van der Waals surface area (Å²) in [4.78, 5) is 20.1. The van der Waals surface area contributed by atoms with Gasteiger partial charge in [0.25, 0.3) is 0 Å². The Morgan fingerprint density at radius 2 is 1.77 bits per heavy atom. The van der Waals surface area contributed by atoms with Crippen LogP contribution >= 0.6 is 0 Å². The maximum absolute atomic E-state index is 11.0. The minimum atomic E-state index is -0.951. The first-order valence-corrected chi connectivity index (χ1v) is 9.05. The number of hydrogen-bond donors (Lipinski definition) is 1. The number of nitrogens with zero attached hydrogens (tertiary/aromatic N) is 5. The molecular weight excluding hydrogens is 373 g/mol. The Morgan fingerprint density at radius 1 is 0.967 bits per heavy atom. The van der Waals surface area contributed by atoms with Gasteiger partial charge in [-0.3, -0.25) is 4.98 Å². The summed E-state index contributed by atoms with van der Waals surface area (Å²) in [6, 6.07) is 20.4. The Bertz CT molecular complexity index is 1370. The third kappa shape index (κ3) is 3.69. The average molecular weight is 389 g/mol. The average Bonchev–Trinajstić information content (AvgIpc) is 3.15. The number of fused-ring (bicyclic) bond motifs is 2. The molecule has 1 N–H and O–H groups in total. The molecule has 2 aromatic carbocycles. The fraction of sp³-hybridized carbons (Fsp3) is 0.0455. The molecule has 0 unspecified atom stereocenters. The number of hydrogen-bond acceptors (Lipinski definition) is 5. The van der Waals surface area contributed by atoms with Crippen LogP contribution in [0.2, 0.25) is 0 Å². The van der Waals surface area contributed by atoms with E-state index >= 15 is 0 Å². The Hall–Kier alpha value is -3.53. The van der Waals surface area contributed by atoms with Crippen molar-refractivity contribution in [2.45, 2.75) is 6.54 Å². The molecule has 0 radical (unpaired) electrons. The number of carboxylic acids is 1. The molecule has 0 aliphatic carbocycles. The number of pyridine rings is 2. The number of rotatable bonds is 4. The van der Waals surface area contributed by atoms with Crippen molar-refractivity contribution in [1.29, 1.82) is 0 Å². The van der Waals surface area contributed by atoms with Crippen molar-refractivity contribution in [3.8, 4) is 11.3 Å². The molecule has 0 bridgehead atoms. The van der Waals surface area contributed by atoms with Gasteiger partial charge < -0.3 is 5.11 Å². The summed E-state index contributed by atoms with van der Waals surface area (Å²) in [5, 5.41) is 18.6. The fourth-order valence-electron chi connectivity index (χ4n) is 3.30. The van der Waals surface area contributed by atoms with Gasteiger partial charge in [-0.2, -0.15) is 0 Å².